The zero-order chi connectivity index (χ0) is 20.9. The largest absolute Gasteiger partial charge is 0.481 e. The van der Waals surface area contributed by atoms with Crippen LogP contribution in [0.4, 0.5) is 15.2 Å². The van der Waals surface area contributed by atoms with Gasteiger partial charge in [-0.15, -0.1) is 11.3 Å². The number of hydrogen-bond donors (Lipinski definition) is 2. The van der Waals surface area contributed by atoms with Gasteiger partial charge in [-0.25, -0.2) is 17.8 Å². The molecule has 7 nitrogen and oxygen atoms in total. The second-order valence-corrected chi connectivity index (χ2v) is 8.50. The molecule has 29 heavy (non-hydrogen) atoms. The van der Waals surface area contributed by atoms with E-state index in [0.29, 0.717) is 17.9 Å². The third kappa shape index (κ3) is 5.52. The first-order valence-corrected chi connectivity index (χ1v) is 11.0. The summed E-state index contributed by atoms with van der Waals surface area (Å²) >= 11 is 1.17. The Kier molecular flexibility index (Phi) is 6.45. The van der Waals surface area contributed by atoms with E-state index in [9.17, 15) is 17.6 Å². The summed E-state index contributed by atoms with van der Waals surface area (Å²) in [5, 5.41) is 4.62. The lowest BCUT2D eigenvalue weighted by Crippen LogP contribution is -2.32. The summed E-state index contributed by atoms with van der Waals surface area (Å²) in [7, 11) is -3.76. The van der Waals surface area contributed by atoms with Crippen molar-refractivity contribution in [2.24, 2.45) is 0 Å². The van der Waals surface area contributed by atoms with Crippen LogP contribution in [0, 0.1) is 5.82 Å². The number of halogens is 1. The highest BCUT2D eigenvalue weighted by atomic mass is 32.2. The van der Waals surface area contributed by atoms with Crippen molar-refractivity contribution in [2.45, 2.75) is 24.3 Å². The number of carbonyl (C=O) groups is 1. The van der Waals surface area contributed by atoms with Gasteiger partial charge in [0.25, 0.3) is 15.9 Å². The SMILES string of the molecule is CCC(Oc1ccc(F)cc1)C(=O)Nc1ccc(S(=O)(=O)Nc2nccs2)cc1. The van der Waals surface area contributed by atoms with E-state index in [-0.39, 0.29) is 10.0 Å². The number of thiazole rings is 1. The summed E-state index contributed by atoms with van der Waals surface area (Å²) in [6, 6.07) is 11.1. The lowest BCUT2D eigenvalue weighted by Gasteiger charge is -2.17. The summed E-state index contributed by atoms with van der Waals surface area (Å²) in [5.74, 6) is -0.411. The fourth-order valence-corrected chi connectivity index (χ4v) is 4.18. The summed E-state index contributed by atoms with van der Waals surface area (Å²) in [6.45, 7) is 1.79. The second-order valence-electron chi connectivity index (χ2n) is 5.93. The average Bonchev–Trinajstić information content (AvgIpc) is 3.20. The van der Waals surface area contributed by atoms with Crippen molar-refractivity contribution in [3.63, 3.8) is 0 Å². The summed E-state index contributed by atoms with van der Waals surface area (Å²) in [5.41, 5.74) is 0.421. The fraction of sp³-hybridized carbons (Fsp3) is 0.158. The van der Waals surface area contributed by atoms with Crippen LogP contribution in [-0.2, 0) is 14.8 Å². The summed E-state index contributed by atoms with van der Waals surface area (Å²) < 4.78 is 45.6. The van der Waals surface area contributed by atoms with Crippen LogP contribution in [0.15, 0.2) is 65.0 Å². The maximum absolute atomic E-state index is 13.0. The predicted octanol–water partition coefficient (Wildman–Crippen LogP) is 3.88. The van der Waals surface area contributed by atoms with Gasteiger partial charge in [0.2, 0.25) is 0 Å². The topological polar surface area (TPSA) is 97.4 Å². The Balaban J connectivity index is 1.64. The molecule has 0 saturated carbocycles. The Bertz CT molecular complexity index is 1050. The van der Waals surface area contributed by atoms with E-state index in [1.807, 2.05) is 0 Å². The van der Waals surface area contributed by atoms with Gasteiger partial charge >= 0.3 is 0 Å². The molecule has 0 aliphatic carbocycles. The average molecular weight is 436 g/mol. The number of ether oxygens (including phenoxy) is 1. The predicted molar refractivity (Wildman–Crippen MR) is 109 cm³/mol. The van der Waals surface area contributed by atoms with Gasteiger partial charge in [-0.1, -0.05) is 6.92 Å². The molecule has 1 heterocycles. The number of anilines is 2. The molecular formula is C19H18FN3O4S2. The Morgan fingerprint density at radius 1 is 1.17 bits per heavy atom. The molecule has 1 atom stereocenters. The molecule has 2 N–H and O–H groups in total. The van der Waals surface area contributed by atoms with Gasteiger partial charge < -0.3 is 10.1 Å². The van der Waals surface area contributed by atoms with Crippen molar-refractivity contribution in [2.75, 3.05) is 10.0 Å². The molecule has 1 amide bonds. The van der Waals surface area contributed by atoms with Gasteiger partial charge in [-0.2, -0.15) is 0 Å². The van der Waals surface area contributed by atoms with Gasteiger partial charge in [-0.3, -0.25) is 9.52 Å². The Morgan fingerprint density at radius 2 is 1.86 bits per heavy atom. The van der Waals surface area contributed by atoms with Gasteiger partial charge in [0, 0.05) is 17.3 Å². The Morgan fingerprint density at radius 3 is 2.45 bits per heavy atom. The smallest absolute Gasteiger partial charge is 0.265 e. The number of rotatable bonds is 8. The van der Waals surface area contributed by atoms with E-state index in [1.165, 1.54) is 66.1 Å². The zero-order valence-corrected chi connectivity index (χ0v) is 17.0. The Labute approximate surface area is 171 Å². The number of nitrogens with one attached hydrogen (secondary N) is 2. The van der Waals surface area contributed by atoms with Gasteiger partial charge in [0.15, 0.2) is 11.2 Å². The highest BCUT2D eigenvalue weighted by Crippen LogP contribution is 2.20. The number of benzene rings is 2. The standard InChI is InChI=1S/C19H18FN3O4S2/c1-2-17(27-15-7-3-13(20)4-8-15)18(24)22-14-5-9-16(10-6-14)29(25,26)23-19-21-11-12-28-19/h3-12,17H,2H2,1H3,(H,21,23)(H,22,24). The van der Waals surface area contributed by atoms with E-state index >= 15 is 0 Å². The van der Waals surface area contributed by atoms with Gasteiger partial charge in [0.05, 0.1) is 4.90 Å². The van der Waals surface area contributed by atoms with Crippen molar-refractivity contribution >= 4 is 38.1 Å². The molecular weight excluding hydrogens is 417 g/mol. The highest BCUT2D eigenvalue weighted by Gasteiger charge is 2.20. The van der Waals surface area contributed by atoms with Crippen molar-refractivity contribution < 1.29 is 22.3 Å². The first kappa shape index (κ1) is 20.7. The number of carbonyl (C=O) groups excluding carboxylic acids is 1. The molecule has 0 saturated heterocycles. The Hall–Kier alpha value is -2.98. The molecule has 0 fully saturated rings. The van der Waals surface area contributed by atoms with Crippen LogP contribution in [0.1, 0.15) is 13.3 Å². The fourth-order valence-electron chi connectivity index (χ4n) is 2.39. The summed E-state index contributed by atoms with van der Waals surface area (Å²) in [6.07, 6.45) is 1.11. The van der Waals surface area contributed by atoms with Crippen molar-refractivity contribution in [1.82, 2.24) is 4.98 Å². The number of hydrogen-bond acceptors (Lipinski definition) is 6. The van der Waals surface area contributed by atoms with Crippen LogP contribution < -0.4 is 14.8 Å². The molecule has 3 rings (SSSR count). The lowest BCUT2D eigenvalue weighted by atomic mass is 10.2. The van der Waals surface area contributed by atoms with Crippen molar-refractivity contribution in [1.29, 1.82) is 0 Å². The molecule has 2 aromatic carbocycles. The maximum Gasteiger partial charge on any atom is 0.265 e. The zero-order valence-electron chi connectivity index (χ0n) is 15.3. The number of nitrogens with zero attached hydrogens (tertiary/aromatic N) is 1. The molecule has 0 aliphatic rings. The molecule has 3 aromatic rings. The molecule has 0 aliphatic heterocycles. The van der Waals surface area contributed by atoms with E-state index < -0.39 is 27.9 Å². The number of sulfonamides is 1. The minimum absolute atomic E-state index is 0.0419. The van der Waals surface area contributed by atoms with Crippen LogP contribution in [0.25, 0.3) is 0 Å². The minimum atomic E-state index is -3.76. The monoisotopic (exact) mass is 435 g/mol. The normalized spacial score (nSPS) is 12.2. The van der Waals surface area contributed by atoms with Crippen LogP contribution >= 0.6 is 11.3 Å². The molecule has 10 heteroatoms. The van der Waals surface area contributed by atoms with Crippen molar-refractivity contribution in [3.05, 3.63) is 65.9 Å². The molecule has 1 aromatic heterocycles. The van der Waals surface area contributed by atoms with E-state index in [4.69, 9.17) is 4.74 Å². The van der Waals surface area contributed by atoms with Crippen LogP contribution in [0.2, 0.25) is 0 Å². The first-order valence-electron chi connectivity index (χ1n) is 8.63. The third-order valence-corrected chi connectivity index (χ3v) is 6.01. The minimum Gasteiger partial charge on any atom is -0.481 e. The maximum atomic E-state index is 13.0. The molecule has 152 valence electrons. The lowest BCUT2D eigenvalue weighted by molar-refractivity contribution is -0.122. The number of amides is 1. The van der Waals surface area contributed by atoms with Gasteiger partial charge in [0.1, 0.15) is 11.6 Å². The number of aromatic nitrogens is 1. The van der Waals surface area contributed by atoms with Crippen molar-refractivity contribution in [3.8, 4) is 5.75 Å². The van der Waals surface area contributed by atoms with E-state index in [2.05, 4.69) is 15.0 Å². The van der Waals surface area contributed by atoms with E-state index in [0.717, 1.165) is 0 Å². The molecule has 1 unspecified atom stereocenters. The van der Waals surface area contributed by atoms with Gasteiger partial charge in [-0.05, 0) is 55.0 Å². The third-order valence-electron chi connectivity index (χ3n) is 3.84. The summed E-state index contributed by atoms with van der Waals surface area (Å²) in [4.78, 5) is 16.4. The molecule has 0 radical (unpaired) electrons. The quantitative estimate of drug-likeness (QED) is 0.560. The second kappa shape index (κ2) is 9.01. The highest BCUT2D eigenvalue weighted by molar-refractivity contribution is 7.93. The van der Waals surface area contributed by atoms with Crippen LogP contribution in [0.5, 0.6) is 5.75 Å². The van der Waals surface area contributed by atoms with Crippen LogP contribution in [0.3, 0.4) is 0 Å². The van der Waals surface area contributed by atoms with E-state index in [1.54, 1.807) is 12.3 Å². The molecule has 0 spiro atoms. The van der Waals surface area contributed by atoms with Crippen LogP contribution in [-0.4, -0.2) is 25.4 Å². The first-order chi connectivity index (χ1) is 13.9. The molecule has 0 bridgehead atoms.